The third-order valence-electron chi connectivity index (χ3n) is 1.43. The van der Waals surface area contributed by atoms with Crippen molar-refractivity contribution < 1.29 is 0 Å². The van der Waals surface area contributed by atoms with E-state index in [-0.39, 0.29) is 0 Å². The molecular formula is C6H18N2Sn. The average Bonchev–Trinajstić information content (AvgIpc) is 1.64. The second-order valence-electron chi connectivity index (χ2n) is 2.73. The summed E-state index contributed by atoms with van der Waals surface area (Å²) >= 11 is -2.37. The van der Waals surface area contributed by atoms with E-state index in [1.165, 1.54) is 12.8 Å². The van der Waals surface area contributed by atoms with E-state index < -0.39 is 18.9 Å². The molecule has 0 aromatic heterocycles. The maximum atomic E-state index is 5.93. The summed E-state index contributed by atoms with van der Waals surface area (Å²) in [5, 5.41) is 0. The van der Waals surface area contributed by atoms with Crippen molar-refractivity contribution in [1.29, 1.82) is 0 Å². The molecule has 0 aromatic rings. The van der Waals surface area contributed by atoms with Crippen molar-refractivity contribution in [3.8, 4) is 0 Å². The Hall–Kier alpha value is 0.719. The maximum absolute atomic E-state index is 5.93. The van der Waals surface area contributed by atoms with Gasteiger partial charge in [0, 0.05) is 0 Å². The van der Waals surface area contributed by atoms with Gasteiger partial charge in [0.1, 0.15) is 0 Å². The molecule has 0 saturated carbocycles. The standard InChI is InChI=1S/2C3H7.2H2N.Sn/c2*1-3-2;;;/h2*1,3H2,2H3;2*1H2;/q;;2*-1;+2. The summed E-state index contributed by atoms with van der Waals surface area (Å²) in [6, 6.07) is 0. The fourth-order valence-corrected chi connectivity index (χ4v) is 7.08. The van der Waals surface area contributed by atoms with Crippen LogP contribution in [-0.4, -0.2) is 18.9 Å². The molecule has 56 valence electrons. The van der Waals surface area contributed by atoms with E-state index in [0.717, 1.165) is 8.87 Å². The van der Waals surface area contributed by atoms with Gasteiger partial charge >= 0.3 is 62.4 Å². The molecule has 3 heteroatoms. The van der Waals surface area contributed by atoms with E-state index in [0.29, 0.717) is 0 Å². The molecule has 0 aromatic carbocycles. The van der Waals surface area contributed by atoms with E-state index in [9.17, 15) is 0 Å². The Balaban J connectivity index is 3.43. The summed E-state index contributed by atoms with van der Waals surface area (Å²) in [5.41, 5.74) is 0. The molecule has 0 saturated heterocycles. The number of hydrogen-bond donors (Lipinski definition) is 2. The van der Waals surface area contributed by atoms with Crippen LogP contribution < -0.4 is 7.91 Å². The fourth-order valence-electron chi connectivity index (χ4n) is 1.06. The van der Waals surface area contributed by atoms with Crippen LogP contribution >= 0.6 is 0 Å². The Bertz CT molecular complexity index is 65.5. The molecule has 0 fully saturated rings. The van der Waals surface area contributed by atoms with Crippen LogP contribution in [0.5, 0.6) is 0 Å². The molecule has 0 atom stereocenters. The fraction of sp³-hybridized carbons (Fsp3) is 1.00. The van der Waals surface area contributed by atoms with Crippen molar-refractivity contribution in [3.05, 3.63) is 0 Å². The normalized spacial score (nSPS) is 12.0. The number of hydrogen-bond acceptors (Lipinski definition) is 2. The molecule has 0 rings (SSSR count). The zero-order chi connectivity index (χ0) is 7.33. The van der Waals surface area contributed by atoms with E-state index in [1.54, 1.807) is 0 Å². The quantitative estimate of drug-likeness (QED) is 0.721. The molecule has 2 nitrogen and oxygen atoms in total. The molecule has 0 aliphatic rings. The zero-order valence-electron chi connectivity index (χ0n) is 6.48. The van der Waals surface area contributed by atoms with Gasteiger partial charge < -0.3 is 0 Å². The van der Waals surface area contributed by atoms with Gasteiger partial charge in [0.05, 0.1) is 0 Å². The Morgan fingerprint density at radius 2 is 1.33 bits per heavy atom. The minimum absolute atomic E-state index is 1.14. The van der Waals surface area contributed by atoms with E-state index >= 15 is 0 Å². The molecule has 0 aliphatic carbocycles. The van der Waals surface area contributed by atoms with Crippen molar-refractivity contribution in [2.45, 2.75) is 35.6 Å². The summed E-state index contributed by atoms with van der Waals surface area (Å²) in [6.07, 6.45) is 2.34. The van der Waals surface area contributed by atoms with Gasteiger partial charge in [-0.1, -0.05) is 0 Å². The summed E-state index contributed by atoms with van der Waals surface area (Å²) < 4.78 is 14.1. The Kier molecular flexibility index (Phi) is 4.88. The first kappa shape index (κ1) is 9.72. The average molecular weight is 237 g/mol. The van der Waals surface area contributed by atoms with Gasteiger partial charge in [0.25, 0.3) is 0 Å². The van der Waals surface area contributed by atoms with Crippen LogP contribution in [0.3, 0.4) is 0 Å². The van der Waals surface area contributed by atoms with Crippen LogP contribution in [0.2, 0.25) is 8.87 Å². The van der Waals surface area contributed by atoms with Crippen LogP contribution in [0.15, 0.2) is 0 Å². The van der Waals surface area contributed by atoms with Gasteiger partial charge in [0.15, 0.2) is 0 Å². The first-order chi connectivity index (χ1) is 4.12. The van der Waals surface area contributed by atoms with Gasteiger partial charge in [-0.2, -0.15) is 0 Å². The number of nitrogens with two attached hydrogens (primary N) is 2. The Morgan fingerprint density at radius 1 is 1.00 bits per heavy atom. The van der Waals surface area contributed by atoms with Gasteiger partial charge in [-0.3, -0.25) is 0 Å². The SMILES string of the molecule is CC[CH2][Sn]([NH2])([NH2])[CH2]CC. The van der Waals surface area contributed by atoms with E-state index in [1.807, 2.05) is 0 Å². The predicted octanol–water partition coefficient (Wildman–Crippen LogP) is 1.17. The monoisotopic (exact) mass is 238 g/mol. The van der Waals surface area contributed by atoms with Crippen molar-refractivity contribution in [2.75, 3.05) is 0 Å². The van der Waals surface area contributed by atoms with Crippen LogP contribution in [-0.2, 0) is 0 Å². The Morgan fingerprint density at radius 3 is 1.56 bits per heavy atom. The summed E-state index contributed by atoms with van der Waals surface area (Å²) in [5.74, 6) is 0. The summed E-state index contributed by atoms with van der Waals surface area (Å²) in [6.45, 7) is 4.31. The van der Waals surface area contributed by atoms with Crippen LogP contribution in [0.25, 0.3) is 0 Å². The van der Waals surface area contributed by atoms with E-state index in [2.05, 4.69) is 13.8 Å². The molecule has 0 bridgehead atoms. The number of rotatable bonds is 4. The van der Waals surface area contributed by atoms with Crippen LogP contribution in [0.4, 0.5) is 0 Å². The van der Waals surface area contributed by atoms with Crippen molar-refractivity contribution in [1.82, 2.24) is 0 Å². The van der Waals surface area contributed by atoms with E-state index in [4.69, 9.17) is 7.91 Å². The first-order valence-electron chi connectivity index (χ1n) is 3.70. The van der Waals surface area contributed by atoms with Gasteiger partial charge in [-0.15, -0.1) is 0 Å². The molecule has 0 heterocycles. The third kappa shape index (κ3) is 5.18. The second kappa shape index (κ2) is 4.52. The first-order valence-corrected chi connectivity index (χ1v) is 11.0. The van der Waals surface area contributed by atoms with Crippen molar-refractivity contribution in [3.63, 3.8) is 0 Å². The third-order valence-corrected chi connectivity index (χ3v) is 9.60. The zero-order valence-corrected chi connectivity index (χ0v) is 9.34. The molecule has 9 heavy (non-hydrogen) atoms. The minimum atomic E-state index is -2.37. The summed E-state index contributed by atoms with van der Waals surface area (Å²) in [7, 11) is 0. The molecule has 0 radical (unpaired) electrons. The summed E-state index contributed by atoms with van der Waals surface area (Å²) in [4.78, 5) is 0. The topological polar surface area (TPSA) is 52.0 Å². The van der Waals surface area contributed by atoms with Gasteiger partial charge in [-0.05, 0) is 0 Å². The van der Waals surface area contributed by atoms with Crippen molar-refractivity contribution in [2.24, 2.45) is 7.91 Å². The second-order valence-corrected chi connectivity index (χ2v) is 12.6. The molecule has 0 unspecified atom stereocenters. The molecular weight excluding hydrogens is 219 g/mol. The Labute approximate surface area is 62.6 Å². The van der Waals surface area contributed by atoms with Crippen molar-refractivity contribution >= 4 is 18.9 Å². The molecule has 0 aliphatic heterocycles. The van der Waals surface area contributed by atoms with Crippen LogP contribution in [0, 0.1) is 0 Å². The molecule has 0 amide bonds. The van der Waals surface area contributed by atoms with Gasteiger partial charge in [-0.25, -0.2) is 0 Å². The van der Waals surface area contributed by atoms with Crippen LogP contribution in [0.1, 0.15) is 26.7 Å². The predicted molar refractivity (Wildman–Crippen MR) is 44.3 cm³/mol. The molecule has 4 N–H and O–H groups in total. The van der Waals surface area contributed by atoms with Gasteiger partial charge in [0.2, 0.25) is 0 Å². The molecule has 0 spiro atoms.